The zero-order valence-corrected chi connectivity index (χ0v) is 17.3. The van der Waals surface area contributed by atoms with Crippen molar-refractivity contribution in [1.82, 2.24) is 5.32 Å². The number of hydrogen-bond acceptors (Lipinski definition) is 5. The molecule has 0 bridgehead atoms. The van der Waals surface area contributed by atoms with Crippen LogP contribution in [0.1, 0.15) is 54.0 Å². The number of hydrogen-bond donors (Lipinski definition) is 1. The van der Waals surface area contributed by atoms with Crippen LogP contribution in [0.3, 0.4) is 0 Å². The maximum Gasteiger partial charge on any atom is 0.494 e. The van der Waals surface area contributed by atoms with Crippen molar-refractivity contribution in [2.75, 3.05) is 7.05 Å². The van der Waals surface area contributed by atoms with Crippen LogP contribution in [0.2, 0.25) is 0 Å². The normalized spacial score (nSPS) is 20.1. The van der Waals surface area contributed by atoms with Gasteiger partial charge < -0.3 is 19.4 Å². The Balaban J connectivity index is 2.13. The van der Waals surface area contributed by atoms with Crippen molar-refractivity contribution in [3.05, 3.63) is 29.8 Å². The minimum Gasteiger partial charge on any atom is -0.459 e. The molecule has 0 aliphatic carbocycles. The molecule has 0 amide bonds. The van der Waals surface area contributed by atoms with Crippen LogP contribution in [-0.4, -0.2) is 43.0 Å². The lowest BCUT2D eigenvalue weighted by Gasteiger charge is -2.32. The lowest BCUT2D eigenvalue weighted by molar-refractivity contribution is -0.157. The molecule has 1 N–H and O–H groups in total. The van der Waals surface area contributed by atoms with E-state index in [4.69, 9.17) is 14.0 Å². The molecule has 1 aromatic rings. The minimum absolute atomic E-state index is 0.249. The molecule has 1 aromatic carbocycles. The fraction of sp³-hybridized carbons (Fsp3) is 0.650. The first kappa shape index (κ1) is 20.9. The van der Waals surface area contributed by atoms with E-state index in [-0.39, 0.29) is 17.2 Å². The average Bonchev–Trinajstić information content (AvgIpc) is 2.71. The predicted octanol–water partition coefficient (Wildman–Crippen LogP) is 2.46. The van der Waals surface area contributed by atoms with Crippen molar-refractivity contribution >= 4 is 18.6 Å². The second kappa shape index (κ2) is 7.33. The summed E-state index contributed by atoms with van der Waals surface area (Å²) in [6.07, 6.45) is 0.540. The van der Waals surface area contributed by atoms with E-state index in [9.17, 15) is 4.79 Å². The van der Waals surface area contributed by atoms with Gasteiger partial charge in [-0.25, -0.2) is 0 Å². The number of ether oxygens (including phenoxy) is 1. The highest BCUT2D eigenvalue weighted by atomic mass is 16.7. The Labute approximate surface area is 157 Å². The fourth-order valence-electron chi connectivity index (χ4n) is 2.76. The Bertz CT molecular complexity index is 635. The van der Waals surface area contributed by atoms with Gasteiger partial charge in [0.2, 0.25) is 0 Å². The lowest BCUT2D eigenvalue weighted by atomic mass is 9.78. The molecule has 1 fully saturated rings. The van der Waals surface area contributed by atoms with Crippen molar-refractivity contribution < 1.29 is 18.8 Å². The van der Waals surface area contributed by atoms with Gasteiger partial charge in [0.15, 0.2) is 0 Å². The molecular weight excluding hydrogens is 329 g/mol. The van der Waals surface area contributed by atoms with Gasteiger partial charge in [0, 0.05) is 0 Å². The smallest absolute Gasteiger partial charge is 0.459 e. The standard InChI is InChI=1S/C20H32BNO4/c1-18(2,3)24-17(23)16(22-8)13-14-10-9-11-15(12-14)21-25-19(4,5)20(6,7)26-21/h9-12,16,22H,13H2,1-8H3/t16-/m0/s1. The third-order valence-corrected chi connectivity index (χ3v) is 4.96. The summed E-state index contributed by atoms with van der Waals surface area (Å²) in [5.74, 6) is -0.249. The average molecular weight is 361 g/mol. The number of likely N-dealkylation sites (N-methyl/N-ethyl adjacent to an activating group) is 1. The van der Waals surface area contributed by atoms with Crippen molar-refractivity contribution in [3.8, 4) is 0 Å². The topological polar surface area (TPSA) is 56.8 Å². The molecule has 5 nitrogen and oxygen atoms in total. The second-order valence-electron chi connectivity index (χ2n) is 8.91. The number of rotatable bonds is 5. The molecule has 26 heavy (non-hydrogen) atoms. The highest BCUT2D eigenvalue weighted by Crippen LogP contribution is 2.36. The zero-order valence-electron chi connectivity index (χ0n) is 17.3. The summed E-state index contributed by atoms with van der Waals surface area (Å²) in [5, 5.41) is 3.05. The molecule has 0 aromatic heterocycles. The minimum atomic E-state index is -0.503. The van der Waals surface area contributed by atoms with Crippen LogP contribution < -0.4 is 10.8 Å². The van der Waals surface area contributed by atoms with E-state index in [2.05, 4.69) is 5.32 Å². The van der Waals surface area contributed by atoms with Gasteiger partial charge in [-0.2, -0.15) is 0 Å². The Morgan fingerprint density at radius 3 is 2.27 bits per heavy atom. The zero-order chi connectivity index (χ0) is 19.8. The quantitative estimate of drug-likeness (QED) is 0.645. The van der Waals surface area contributed by atoms with Crippen LogP contribution in [0.5, 0.6) is 0 Å². The maximum absolute atomic E-state index is 12.4. The van der Waals surface area contributed by atoms with E-state index < -0.39 is 18.8 Å². The Kier molecular flexibility index (Phi) is 5.91. The SMILES string of the molecule is CN[C@@H](Cc1cccc(B2OC(C)(C)C(C)(C)O2)c1)C(=O)OC(C)(C)C. The van der Waals surface area contributed by atoms with Crippen molar-refractivity contribution in [3.63, 3.8) is 0 Å². The van der Waals surface area contributed by atoms with Crippen LogP contribution in [0.15, 0.2) is 24.3 Å². The number of nitrogens with one attached hydrogen (secondary N) is 1. The monoisotopic (exact) mass is 361 g/mol. The predicted molar refractivity (Wildman–Crippen MR) is 105 cm³/mol. The molecule has 1 atom stereocenters. The van der Waals surface area contributed by atoms with Gasteiger partial charge in [-0.3, -0.25) is 4.79 Å². The molecule has 0 radical (unpaired) electrons. The van der Waals surface area contributed by atoms with E-state index in [1.165, 1.54) is 0 Å². The van der Waals surface area contributed by atoms with Crippen molar-refractivity contribution in [1.29, 1.82) is 0 Å². The molecule has 1 heterocycles. The summed E-state index contributed by atoms with van der Waals surface area (Å²) in [5.41, 5.74) is 0.731. The van der Waals surface area contributed by atoms with Gasteiger partial charge in [0.05, 0.1) is 11.2 Å². The molecule has 0 unspecified atom stereocenters. The van der Waals surface area contributed by atoms with E-state index in [0.717, 1.165) is 11.0 Å². The van der Waals surface area contributed by atoms with Crippen LogP contribution in [0.25, 0.3) is 0 Å². The molecule has 0 spiro atoms. The molecule has 6 heteroatoms. The largest absolute Gasteiger partial charge is 0.494 e. The first-order valence-corrected chi connectivity index (χ1v) is 9.19. The Hall–Kier alpha value is -1.37. The van der Waals surface area contributed by atoms with E-state index in [0.29, 0.717) is 6.42 Å². The fourth-order valence-corrected chi connectivity index (χ4v) is 2.76. The summed E-state index contributed by atoms with van der Waals surface area (Å²) in [4.78, 5) is 12.4. The molecule has 1 saturated heterocycles. The summed E-state index contributed by atoms with van der Waals surface area (Å²) in [6.45, 7) is 13.8. The highest BCUT2D eigenvalue weighted by Gasteiger charge is 2.51. The second-order valence-corrected chi connectivity index (χ2v) is 8.91. The van der Waals surface area contributed by atoms with E-state index >= 15 is 0 Å². The molecule has 144 valence electrons. The summed E-state index contributed by atoms with van der Waals surface area (Å²) < 4.78 is 17.7. The van der Waals surface area contributed by atoms with Crippen LogP contribution in [-0.2, 0) is 25.3 Å². The molecule has 0 saturated carbocycles. The molecule has 1 aliphatic heterocycles. The summed E-state index contributed by atoms with van der Waals surface area (Å²) in [7, 11) is 1.36. The number of carbonyl (C=O) groups is 1. The first-order chi connectivity index (χ1) is 11.8. The molecule has 2 rings (SSSR count). The summed E-state index contributed by atoms with van der Waals surface area (Å²) in [6, 6.07) is 7.61. The molecule has 1 aliphatic rings. The van der Waals surface area contributed by atoms with E-state index in [1.807, 2.05) is 72.7 Å². The van der Waals surface area contributed by atoms with E-state index in [1.54, 1.807) is 7.05 Å². The van der Waals surface area contributed by atoms with Gasteiger partial charge in [0.25, 0.3) is 0 Å². The van der Waals surface area contributed by atoms with Gasteiger partial charge >= 0.3 is 13.1 Å². The van der Waals surface area contributed by atoms with Gasteiger partial charge in [-0.05, 0) is 73.0 Å². The third-order valence-electron chi connectivity index (χ3n) is 4.96. The highest BCUT2D eigenvalue weighted by molar-refractivity contribution is 6.62. The van der Waals surface area contributed by atoms with Crippen LogP contribution >= 0.6 is 0 Å². The molecular formula is C20H32BNO4. The van der Waals surface area contributed by atoms with Gasteiger partial charge in [-0.15, -0.1) is 0 Å². The van der Waals surface area contributed by atoms with Crippen LogP contribution in [0.4, 0.5) is 0 Å². The number of esters is 1. The first-order valence-electron chi connectivity index (χ1n) is 9.19. The van der Waals surface area contributed by atoms with Crippen LogP contribution in [0, 0.1) is 0 Å². The number of carbonyl (C=O) groups excluding carboxylic acids is 1. The lowest BCUT2D eigenvalue weighted by Crippen LogP contribution is -2.41. The number of benzene rings is 1. The Morgan fingerprint density at radius 2 is 1.77 bits per heavy atom. The third kappa shape index (κ3) is 4.87. The summed E-state index contributed by atoms with van der Waals surface area (Å²) >= 11 is 0. The Morgan fingerprint density at radius 1 is 1.19 bits per heavy atom. The van der Waals surface area contributed by atoms with Gasteiger partial charge in [-0.1, -0.05) is 24.3 Å². The van der Waals surface area contributed by atoms with Crippen molar-refractivity contribution in [2.45, 2.75) is 77.7 Å². The van der Waals surface area contributed by atoms with Crippen molar-refractivity contribution in [2.24, 2.45) is 0 Å². The van der Waals surface area contributed by atoms with Gasteiger partial charge in [0.1, 0.15) is 11.6 Å². The maximum atomic E-state index is 12.4.